The average Bonchev–Trinajstić information content (AvgIpc) is 1.90. The first-order valence-corrected chi connectivity index (χ1v) is 1.86. The Labute approximate surface area is 41.7 Å². The van der Waals surface area contributed by atoms with E-state index in [1.807, 2.05) is 0 Å². The second kappa shape index (κ2) is 2.28. The second-order valence-electron chi connectivity index (χ2n) is 0.956. The molecule has 0 unspecified atom stereocenters. The summed E-state index contributed by atoms with van der Waals surface area (Å²) in [5, 5.41) is 3.41. The van der Waals surface area contributed by atoms with Gasteiger partial charge in [0.2, 0.25) is 0 Å². The molecule has 0 fully saturated rings. The molecule has 0 atom stereocenters. The molecule has 0 radical (unpaired) electrons. The number of hydrogen-bond donors (Lipinski definition) is 0. The van der Waals surface area contributed by atoms with Crippen LogP contribution in [0.1, 0.15) is 0 Å². The molecule has 0 spiro atoms. The van der Waals surface area contributed by atoms with Crippen LogP contribution >= 0.6 is 0 Å². The van der Waals surface area contributed by atoms with E-state index >= 15 is 0 Å². The summed E-state index contributed by atoms with van der Waals surface area (Å²) >= 11 is 0. The van der Waals surface area contributed by atoms with Gasteiger partial charge in [-0.05, 0) is 0 Å². The topological polar surface area (TPSA) is 34.0 Å². The van der Waals surface area contributed by atoms with Crippen molar-refractivity contribution < 1.29 is 4.76 Å². The van der Waals surface area contributed by atoms with Crippen LogP contribution in [0.4, 0.5) is 0 Å². The molecule has 34 valence electrons. The van der Waals surface area contributed by atoms with Gasteiger partial charge in [-0.1, -0.05) is 0 Å². The molecule has 7 heavy (non-hydrogen) atoms. The van der Waals surface area contributed by atoms with Crippen molar-refractivity contribution in [3.8, 4) is 0 Å². The fourth-order valence-corrected chi connectivity index (χ4v) is 0.248. The summed E-state index contributed by atoms with van der Waals surface area (Å²) in [6.45, 7) is 0. The van der Waals surface area contributed by atoms with Crippen molar-refractivity contribution in [1.82, 2.24) is 0 Å². The SMILES string of the molecule is B1=NC=CC=NO1. The molecule has 0 aromatic carbocycles. The minimum absolute atomic E-state index is 1.26. The first kappa shape index (κ1) is 4.24. The third-order valence-corrected chi connectivity index (χ3v) is 0.488. The normalized spacial score (nSPS) is 14.9. The van der Waals surface area contributed by atoms with E-state index in [2.05, 4.69) is 14.8 Å². The Morgan fingerprint density at radius 3 is 3.57 bits per heavy atom. The van der Waals surface area contributed by atoms with E-state index in [1.165, 1.54) is 13.5 Å². The maximum absolute atomic E-state index is 4.41. The van der Waals surface area contributed by atoms with Crippen LogP contribution in [0.25, 0.3) is 0 Å². The van der Waals surface area contributed by atoms with Gasteiger partial charge in [-0.25, -0.2) is 0 Å². The van der Waals surface area contributed by atoms with Crippen molar-refractivity contribution in [2.24, 2.45) is 10.1 Å². The van der Waals surface area contributed by atoms with E-state index in [-0.39, 0.29) is 0 Å². The fourth-order valence-electron chi connectivity index (χ4n) is 0.248. The van der Waals surface area contributed by atoms with E-state index < -0.39 is 0 Å². The zero-order valence-corrected chi connectivity index (χ0v) is 3.61. The molecule has 1 aliphatic rings. The van der Waals surface area contributed by atoms with Crippen LogP contribution in [-0.4, -0.2) is 13.5 Å². The van der Waals surface area contributed by atoms with Gasteiger partial charge in [0, 0.05) is 0 Å². The Morgan fingerprint density at radius 2 is 2.57 bits per heavy atom. The second-order valence-corrected chi connectivity index (χ2v) is 0.956. The first-order chi connectivity index (χ1) is 3.50. The summed E-state index contributed by atoms with van der Waals surface area (Å²) < 4.78 is 4.41. The molecule has 1 aliphatic heterocycles. The molecule has 0 amide bonds. The third-order valence-electron chi connectivity index (χ3n) is 0.488. The van der Waals surface area contributed by atoms with Crippen molar-refractivity contribution >= 4 is 13.5 Å². The third kappa shape index (κ3) is 1.30. The van der Waals surface area contributed by atoms with Crippen molar-refractivity contribution in [3.63, 3.8) is 0 Å². The summed E-state index contributed by atoms with van der Waals surface area (Å²) in [7, 11) is 1.26. The summed E-state index contributed by atoms with van der Waals surface area (Å²) in [6, 6.07) is 0. The van der Waals surface area contributed by atoms with Crippen LogP contribution in [0.5, 0.6) is 0 Å². The molecule has 0 N–H and O–H groups in total. The van der Waals surface area contributed by atoms with Gasteiger partial charge in [0.05, 0.1) is 0 Å². The van der Waals surface area contributed by atoms with Gasteiger partial charge in [-0.15, -0.1) is 0 Å². The fraction of sp³-hybridized carbons (Fsp3) is 0. The predicted octanol–water partition coefficient (Wildman–Crippen LogP) is 0.319. The monoisotopic (exact) mass is 94.0 g/mol. The van der Waals surface area contributed by atoms with Crippen molar-refractivity contribution in [2.75, 3.05) is 0 Å². The van der Waals surface area contributed by atoms with Crippen LogP contribution in [0.15, 0.2) is 22.3 Å². The molecule has 1 rings (SSSR count). The molecule has 0 saturated carbocycles. The summed E-state index contributed by atoms with van der Waals surface area (Å²) in [5.41, 5.74) is 0. The van der Waals surface area contributed by atoms with E-state index in [9.17, 15) is 0 Å². The van der Waals surface area contributed by atoms with Gasteiger partial charge < -0.3 is 0 Å². The molecular weight excluding hydrogens is 90.9 g/mol. The summed E-state index contributed by atoms with van der Waals surface area (Å²) in [5.74, 6) is 0. The Kier molecular flexibility index (Phi) is 1.38. The van der Waals surface area contributed by atoms with E-state index in [1.54, 1.807) is 12.3 Å². The summed E-state index contributed by atoms with van der Waals surface area (Å²) in [6.07, 6.45) is 4.80. The van der Waals surface area contributed by atoms with Crippen molar-refractivity contribution in [3.05, 3.63) is 12.3 Å². The molecule has 4 heteroatoms. The van der Waals surface area contributed by atoms with Gasteiger partial charge in [-0.2, -0.15) is 0 Å². The van der Waals surface area contributed by atoms with Crippen LogP contribution < -0.4 is 0 Å². The zero-order valence-electron chi connectivity index (χ0n) is 3.61. The minimum atomic E-state index is 1.26. The van der Waals surface area contributed by atoms with Crippen LogP contribution in [0.3, 0.4) is 0 Å². The van der Waals surface area contributed by atoms with Gasteiger partial charge in [0.25, 0.3) is 0 Å². The molecule has 3 nitrogen and oxygen atoms in total. The Bertz CT molecular complexity index is 115. The van der Waals surface area contributed by atoms with Crippen molar-refractivity contribution in [2.45, 2.75) is 0 Å². The van der Waals surface area contributed by atoms with Gasteiger partial charge in [-0.3, -0.25) is 0 Å². The molecule has 0 saturated heterocycles. The number of hydrogen-bond acceptors (Lipinski definition) is 3. The van der Waals surface area contributed by atoms with E-state index in [0.29, 0.717) is 0 Å². The maximum atomic E-state index is 4.41. The molecular formula is C3H3BN2O. The quantitative estimate of drug-likeness (QED) is 0.398. The van der Waals surface area contributed by atoms with Crippen molar-refractivity contribution in [1.29, 1.82) is 0 Å². The van der Waals surface area contributed by atoms with E-state index in [0.717, 1.165) is 0 Å². The van der Waals surface area contributed by atoms with Crippen LogP contribution in [-0.2, 0) is 4.76 Å². The van der Waals surface area contributed by atoms with Crippen LogP contribution in [0.2, 0.25) is 0 Å². The van der Waals surface area contributed by atoms with Gasteiger partial charge in [0.1, 0.15) is 0 Å². The average molecular weight is 93.9 g/mol. The molecule has 0 aromatic rings. The predicted molar refractivity (Wildman–Crippen MR) is 26.9 cm³/mol. The number of allylic oxidation sites excluding steroid dienone is 1. The molecule has 0 aromatic heterocycles. The van der Waals surface area contributed by atoms with Gasteiger partial charge in [0.15, 0.2) is 0 Å². The van der Waals surface area contributed by atoms with E-state index in [4.69, 9.17) is 0 Å². The zero-order chi connectivity index (χ0) is 4.95. The van der Waals surface area contributed by atoms with Gasteiger partial charge >= 0.3 is 40.6 Å². The Morgan fingerprint density at radius 1 is 1.57 bits per heavy atom. The van der Waals surface area contributed by atoms with Crippen LogP contribution in [0, 0.1) is 0 Å². The number of nitrogens with zero attached hydrogens (tertiary/aromatic N) is 2. The standard InChI is InChI=1S/C3H3BN2O/c1-2-5-4-7-6-3-1/h1-3H. The molecule has 0 bridgehead atoms. The first-order valence-electron chi connectivity index (χ1n) is 1.86. The Balaban J connectivity index is 2.60. The Hall–Kier alpha value is -0.925. The number of rotatable bonds is 0. The molecule has 0 aliphatic carbocycles. The number of oxime groups is 1. The molecule has 1 heterocycles. The summed E-state index contributed by atoms with van der Waals surface area (Å²) in [4.78, 5) is 3.62.